The van der Waals surface area contributed by atoms with Gasteiger partial charge in [0.05, 0.1) is 5.69 Å². The van der Waals surface area contributed by atoms with Crippen LogP contribution in [0.2, 0.25) is 0 Å². The van der Waals surface area contributed by atoms with Gasteiger partial charge in [0.1, 0.15) is 0 Å². The maximum absolute atomic E-state index is 5.78. The number of hydrogen-bond acceptors (Lipinski definition) is 4. The number of anilines is 1. The van der Waals surface area contributed by atoms with Gasteiger partial charge in [-0.05, 0) is 43.7 Å². The third-order valence-corrected chi connectivity index (χ3v) is 3.68. The average molecular weight is 248 g/mol. The molecule has 1 aromatic rings. The standard InChI is InChI=1S/C14H24N4/c1-10(2)13-11(3)8-16-14(17-13)18-6-4-5-12(7-15)9-18/h8,10,12H,4-7,9,15H2,1-3H3. The van der Waals surface area contributed by atoms with Gasteiger partial charge in [-0.15, -0.1) is 0 Å². The summed E-state index contributed by atoms with van der Waals surface area (Å²) in [5.41, 5.74) is 8.12. The number of hydrogen-bond donors (Lipinski definition) is 1. The van der Waals surface area contributed by atoms with Gasteiger partial charge in [0.25, 0.3) is 0 Å². The topological polar surface area (TPSA) is 55.0 Å². The van der Waals surface area contributed by atoms with Crippen LogP contribution in [0.15, 0.2) is 6.20 Å². The molecule has 1 aromatic heterocycles. The van der Waals surface area contributed by atoms with Gasteiger partial charge >= 0.3 is 0 Å². The van der Waals surface area contributed by atoms with Crippen LogP contribution < -0.4 is 10.6 Å². The van der Waals surface area contributed by atoms with Crippen molar-refractivity contribution in [2.75, 3.05) is 24.5 Å². The van der Waals surface area contributed by atoms with Gasteiger partial charge in [-0.2, -0.15) is 0 Å². The predicted octanol–water partition coefficient (Wildman–Crippen LogP) is 2.08. The minimum absolute atomic E-state index is 0.446. The maximum atomic E-state index is 5.78. The van der Waals surface area contributed by atoms with Gasteiger partial charge in [0.2, 0.25) is 5.95 Å². The summed E-state index contributed by atoms with van der Waals surface area (Å²) in [6.07, 6.45) is 4.37. The van der Waals surface area contributed by atoms with Crippen LogP contribution >= 0.6 is 0 Å². The Labute approximate surface area is 110 Å². The number of nitrogens with zero attached hydrogens (tertiary/aromatic N) is 3. The summed E-state index contributed by atoms with van der Waals surface area (Å²) in [6.45, 7) is 9.25. The van der Waals surface area contributed by atoms with Crippen LogP contribution in [0.4, 0.5) is 5.95 Å². The molecule has 1 unspecified atom stereocenters. The van der Waals surface area contributed by atoms with E-state index in [1.165, 1.54) is 18.4 Å². The van der Waals surface area contributed by atoms with E-state index in [0.29, 0.717) is 11.8 Å². The van der Waals surface area contributed by atoms with Gasteiger partial charge in [-0.25, -0.2) is 9.97 Å². The quantitative estimate of drug-likeness (QED) is 0.890. The lowest BCUT2D eigenvalue weighted by Crippen LogP contribution is -2.39. The van der Waals surface area contributed by atoms with Crippen LogP contribution in [-0.4, -0.2) is 29.6 Å². The van der Waals surface area contributed by atoms with E-state index in [4.69, 9.17) is 10.7 Å². The fourth-order valence-corrected chi connectivity index (χ4v) is 2.62. The van der Waals surface area contributed by atoms with Crippen LogP contribution in [0.3, 0.4) is 0 Å². The monoisotopic (exact) mass is 248 g/mol. The SMILES string of the molecule is Cc1cnc(N2CCCC(CN)C2)nc1C(C)C. The molecule has 2 N–H and O–H groups in total. The lowest BCUT2D eigenvalue weighted by atomic mass is 9.98. The highest BCUT2D eigenvalue weighted by molar-refractivity contribution is 5.34. The molecule has 0 radical (unpaired) electrons. The highest BCUT2D eigenvalue weighted by atomic mass is 15.3. The zero-order valence-corrected chi connectivity index (χ0v) is 11.7. The van der Waals surface area contributed by atoms with E-state index < -0.39 is 0 Å². The Kier molecular flexibility index (Phi) is 4.17. The van der Waals surface area contributed by atoms with Gasteiger partial charge in [0.15, 0.2) is 0 Å². The summed E-state index contributed by atoms with van der Waals surface area (Å²) in [5, 5.41) is 0. The molecular weight excluding hydrogens is 224 g/mol. The molecule has 18 heavy (non-hydrogen) atoms. The van der Waals surface area contributed by atoms with E-state index in [9.17, 15) is 0 Å². The number of nitrogens with two attached hydrogens (primary N) is 1. The van der Waals surface area contributed by atoms with Crippen molar-refractivity contribution in [2.24, 2.45) is 11.7 Å². The molecule has 1 aliphatic rings. The van der Waals surface area contributed by atoms with Crippen molar-refractivity contribution in [1.82, 2.24) is 9.97 Å². The molecule has 0 bridgehead atoms. The maximum Gasteiger partial charge on any atom is 0.225 e. The number of aryl methyl sites for hydroxylation is 1. The summed E-state index contributed by atoms with van der Waals surface area (Å²) < 4.78 is 0. The van der Waals surface area contributed by atoms with E-state index in [2.05, 4.69) is 30.7 Å². The first kappa shape index (κ1) is 13.3. The summed E-state index contributed by atoms with van der Waals surface area (Å²) in [4.78, 5) is 11.5. The number of piperidine rings is 1. The van der Waals surface area contributed by atoms with Crippen LogP contribution in [0.1, 0.15) is 43.9 Å². The van der Waals surface area contributed by atoms with Crippen molar-refractivity contribution < 1.29 is 0 Å². The Morgan fingerprint density at radius 2 is 2.28 bits per heavy atom. The highest BCUT2D eigenvalue weighted by Gasteiger charge is 2.21. The molecule has 0 aliphatic carbocycles. The highest BCUT2D eigenvalue weighted by Crippen LogP contribution is 2.22. The van der Waals surface area contributed by atoms with Gasteiger partial charge in [0, 0.05) is 19.3 Å². The Bertz CT molecular complexity index is 403. The van der Waals surface area contributed by atoms with Crippen molar-refractivity contribution in [1.29, 1.82) is 0 Å². The second-order valence-electron chi connectivity index (χ2n) is 5.58. The van der Waals surface area contributed by atoms with Crippen molar-refractivity contribution in [3.63, 3.8) is 0 Å². The van der Waals surface area contributed by atoms with Gasteiger partial charge in [-0.3, -0.25) is 0 Å². The third-order valence-electron chi connectivity index (χ3n) is 3.68. The second-order valence-corrected chi connectivity index (χ2v) is 5.58. The van der Waals surface area contributed by atoms with E-state index in [1.54, 1.807) is 0 Å². The zero-order valence-electron chi connectivity index (χ0n) is 11.7. The first-order chi connectivity index (χ1) is 8.61. The van der Waals surface area contributed by atoms with Crippen LogP contribution in [0, 0.1) is 12.8 Å². The molecule has 4 nitrogen and oxygen atoms in total. The molecule has 100 valence electrons. The molecule has 0 saturated carbocycles. The van der Waals surface area contributed by atoms with Gasteiger partial charge < -0.3 is 10.6 Å². The Hall–Kier alpha value is -1.16. The van der Waals surface area contributed by atoms with Crippen molar-refractivity contribution in [3.8, 4) is 0 Å². The molecule has 4 heteroatoms. The normalized spacial score (nSPS) is 20.5. The molecule has 2 rings (SSSR count). The van der Waals surface area contributed by atoms with E-state index in [1.807, 2.05) is 6.20 Å². The average Bonchev–Trinajstić information content (AvgIpc) is 2.39. The zero-order chi connectivity index (χ0) is 13.1. The van der Waals surface area contributed by atoms with Crippen LogP contribution in [0.25, 0.3) is 0 Å². The fourth-order valence-electron chi connectivity index (χ4n) is 2.62. The Morgan fingerprint density at radius 3 is 2.94 bits per heavy atom. The minimum atomic E-state index is 0.446. The molecule has 0 amide bonds. The molecule has 1 fully saturated rings. The first-order valence-electron chi connectivity index (χ1n) is 6.90. The number of aromatic nitrogens is 2. The second kappa shape index (κ2) is 5.65. The largest absolute Gasteiger partial charge is 0.340 e. The fraction of sp³-hybridized carbons (Fsp3) is 0.714. The molecular formula is C14H24N4. The molecule has 1 saturated heterocycles. The minimum Gasteiger partial charge on any atom is -0.340 e. The molecule has 0 aromatic carbocycles. The third kappa shape index (κ3) is 2.80. The predicted molar refractivity (Wildman–Crippen MR) is 74.8 cm³/mol. The Morgan fingerprint density at radius 1 is 1.50 bits per heavy atom. The van der Waals surface area contributed by atoms with E-state index in [-0.39, 0.29) is 0 Å². The molecule has 0 spiro atoms. The van der Waals surface area contributed by atoms with Crippen molar-refractivity contribution in [2.45, 2.75) is 39.5 Å². The summed E-state index contributed by atoms with van der Waals surface area (Å²) in [5.74, 6) is 1.91. The van der Waals surface area contributed by atoms with E-state index >= 15 is 0 Å². The van der Waals surface area contributed by atoms with Crippen LogP contribution in [-0.2, 0) is 0 Å². The van der Waals surface area contributed by atoms with Crippen molar-refractivity contribution >= 4 is 5.95 Å². The van der Waals surface area contributed by atoms with E-state index in [0.717, 1.165) is 31.3 Å². The number of rotatable bonds is 3. The Balaban J connectivity index is 2.20. The molecule has 1 atom stereocenters. The molecule has 1 aliphatic heterocycles. The molecule has 2 heterocycles. The van der Waals surface area contributed by atoms with Crippen LogP contribution in [0.5, 0.6) is 0 Å². The van der Waals surface area contributed by atoms with Gasteiger partial charge in [-0.1, -0.05) is 13.8 Å². The summed E-state index contributed by atoms with van der Waals surface area (Å²) >= 11 is 0. The summed E-state index contributed by atoms with van der Waals surface area (Å²) in [7, 11) is 0. The first-order valence-corrected chi connectivity index (χ1v) is 6.90. The van der Waals surface area contributed by atoms with Crippen molar-refractivity contribution in [3.05, 3.63) is 17.5 Å². The summed E-state index contributed by atoms with van der Waals surface area (Å²) in [6, 6.07) is 0. The lowest BCUT2D eigenvalue weighted by molar-refractivity contribution is 0.419. The lowest BCUT2D eigenvalue weighted by Gasteiger charge is -2.32. The smallest absolute Gasteiger partial charge is 0.225 e.